The molecule has 0 radical (unpaired) electrons. The molecule has 5 rings (SSSR count). The molecule has 2 N–H and O–H groups in total. The van der Waals surface area contributed by atoms with Gasteiger partial charge >= 0.3 is 0 Å². The van der Waals surface area contributed by atoms with Gasteiger partial charge in [-0.25, -0.2) is 17.5 Å². The highest BCUT2D eigenvalue weighted by molar-refractivity contribution is 7.91. The van der Waals surface area contributed by atoms with Gasteiger partial charge in [-0.1, -0.05) is 29.8 Å². The summed E-state index contributed by atoms with van der Waals surface area (Å²) in [5.41, 5.74) is 1.87. The lowest BCUT2D eigenvalue weighted by molar-refractivity contribution is 0.0973. The molecular formula is C26H24FN3O4S. The highest BCUT2D eigenvalue weighted by Crippen LogP contribution is 2.42. The summed E-state index contributed by atoms with van der Waals surface area (Å²) in [6.45, 7) is 3.44. The summed E-state index contributed by atoms with van der Waals surface area (Å²) < 4.78 is 43.3. The number of hydrogen-bond donors (Lipinski definition) is 2. The van der Waals surface area contributed by atoms with Crippen LogP contribution in [0.2, 0.25) is 0 Å². The van der Waals surface area contributed by atoms with Gasteiger partial charge in [0.25, 0.3) is 11.5 Å². The molecule has 4 aromatic rings. The number of benzene rings is 2. The van der Waals surface area contributed by atoms with Gasteiger partial charge in [-0.3, -0.25) is 9.59 Å². The molecule has 2 heterocycles. The molecule has 180 valence electrons. The van der Waals surface area contributed by atoms with E-state index in [0.717, 1.165) is 5.56 Å². The number of halogens is 1. The predicted molar refractivity (Wildman–Crippen MR) is 132 cm³/mol. The third-order valence-electron chi connectivity index (χ3n) is 6.64. The third-order valence-corrected chi connectivity index (χ3v) is 8.80. The van der Waals surface area contributed by atoms with Crippen molar-refractivity contribution in [2.24, 2.45) is 0 Å². The van der Waals surface area contributed by atoms with Crippen LogP contribution in [0.15, 0.2) is 65.6 Å². The van der Waals surface area contributed by atoms with Crippen LogP contribution in [-0.2, 0) is 16.6 Å². The Labute approximate surface area is 201 Å². The number of hydrogen-bond acceptors (Lipinski definition) is 4. The fraction of sp³-hybridized carbons (Fsp3) is 0.231. The molecule has 0 atom stereocenters. The zero-order valence-electron chi connectivity index (χ0n) is 19.3. The van der Waals surface area contributed by atoms with Crippen molar-refractivity contribution < 1.29 is 17.6 Å². The van der Waals surface area contributed by atoms with Gasteiger partial charge in [-0.2, -0.15) is 0 Å². The molecule has 9 heteroatoms. The number of amides is 1. The van der Waals surface area contributed by atoms with Gasteiger partial charge in [-0.05, 0) is 57.0 Å². The number of rotatable bonds is 6. The molecule has 2 aromatic carbocycles. The van der Waals surface area contributed by atoms with Gasteiger partial charge in [-0.15, -0.1) is 0 Å². The van der Waals surface area contributed by atoms with Gasteiger partial charge in [0.2, 0.25) is 10.0 Å². The molecule has 1 amide bonds. The first kappa shape index (κ1) is 23.0. The maximum Gasteiger partial charge on any atom is 0.282 e. The number of sulfonamides is 1. The normalized spacial score (nSPS) is 14.7. The lowest BCUT2D eigenvalue weighted by Gasteiger charge is -2.16. The maximum absolute atomic E-state index is 14.6. The fourth-order valence-electron chi connectivity index (χ4n) is 4.30. The standard InChI is InChI=1S/C26H24FN3O4S/c1-16-9-10-21-19(14-16)22(18-7-5-13-28-24(18)31)23(25(32)29-35(33,34)26(2)11-12-26)30(21)15-17-6-3-4-8-20(17)27/h3-10,13-14H,11-12,15H2,1-2H3,(H,28,31)(H,29,32). The summed E-state index contributed by atoms with van der Waals surface area (Å²) >= 11 is 0. The number of fused-ring (bicyclic) bond motifs is 1. The molecule has 0 unspecified atom stereocenters. The largest absolute Gasteiger partial charge is 0.331 e. The number of carbonyl (C=O) groups is 1. The number of nitrogens with one attached hydrogen (secondary N) is 2. The van der Waals surface area contributed by atoms with E-state index in [0.29, 0.717) is 34.9 Å². The van der Waals surface area contributed by atoms with Crippen LogP contribution in [0.3, 0.4) is 0 Å². The number of aryl methyl sites for hydroxylation is 1. The van der Waals surface area contributed by atoms with Crippen LogP contribution in [0, 0.1) is 12.7 Å². The van der Waals surface area contributed by atoms with Crippen molar-refractivity contribution in [1.82, 2.24) is 14.3 Å². The first-order valence-corrected chi connectivity index (χ1v) is 12.7. The Morgan fingerprint density at radius 2 is 1.89 bits per heavy atom. The molecule has 0 spiro atoms. The molecule has 7 nitrogen and oxygen atoms in total. The summed E-state index contributed by atoms with van der Waals surface area (Å²) in [5, 5.41) is 0.596. The number of H-pyrrole nitrogens is 1. The van der Waals surface area contributed by atoms with E-state index in [1.165, 1.54) is 12.3 Å². The molecule has 2 aromatic heterocycles. The molecule has 1 aliphatic rings. The monoisotopic (exact) mass is 493 g/mol. The smallest absolute Gasteiger partial charge is 0.282 e. The number of carbonyl (C=O) groups excluding carboxylic acids is 1. The Balaban J connectivity index is 1.80. The van der Waals surface area contributed by atoms with E-state index in [2.05, 4.69) is 9.71 Å². The van der Waals surface area contributed by atoms with Crippen LogP contribution in [0.1, 0.15) is 41.4 Å². The highest BCUT2D eigenvalue weighted by Gasteiger charge is 2.51. The zero-order valence-corrected chi connectivity index (χ0v) is 20.1. The highest BCUT2D eigenvalue weighted by atomic mass is 32.2. The Bertz CT molecular complexity index is 1650. The number of nitrogens with zero attached hydrogens (tertiary/aromatic N) is 1. The summed E-state index contributed by atoms with van der Waals surface area (Å²) in [7, 11) is -3.96. The minimum Gasteiger partial charge on any atom is -0.331 e. The van der Waals surface area contributed by atoms with Crippen molar-refractivity contribution in [3.63, 3.8) is 0 Å². The van der Waals surface area contributed by atoms with Crippen LogP contribution in [0.25, 0.3) is 22.0 Å². The molecule has 0 saturated heterocycles. The van der Waals surface area contributed by atoms with E-state index in [1.807, 2.05) is 19.1 Å². The van der Waals surface area contributed by atoms with E-state index in [-0.39, 0.29) is 17.8 Å². The second kappa shape index (κ2) is 8.20. The summed E-state index contributed by atoms with van der Waals surface area (Å²) in [6.07, 6.45) is 2.39. The molecule has 0 bridgehead atoms. The van der Waals surface area contributed by atoms with Crippen LogP contribution in [0.5, 0.6) is 0 Å². The topological polar surface area (TPSA) is 101 Å². The van der Waals surface area contributed by atoms with Crippen molar-refractivity contribution in [3.05, 3.63) is 93.8 Å². The summed E-state index contributed by atoms with van der Waals surface area (Å²) in [6, 6.07) is 14.9. The minimum atomic E-state index is -3.96. The van der Waals surface area contributed by atoms with Gasteiger partial charge < -0.3 is 9.55 Å². The summed E-state index contributed by atoms with van der Waals surface area (Å²) in [5.74, 6) is -1.31. The Morgan fingerprint density at radius 1 is 1.14 bits per heavy atom. The molecule has 1 fully saturated rings. The van der Waals surface area contributed by atoms with E-state index in [1.54, 1.807) is 47.9 Å². The van der Waals surface area contributed by atoms with Crippen LogP contribution < -0.4 is 10.3 Å². The van der Waals surface area contributed by atoms with Crippen LogP contribution in [0.4, 0.5) is 4.39 Å². The maximum atomic E-state index is 14.6. The second-order valence-electron chi connectivity index (χ2n) is 9.22. The molecule has 0 aliphatic heterocycles. The quantitative estimate of drug-likeness (QED) is 0.422. The van der Waals surface area contributed by atoms with Crippen molar-refractivity contribution in [1.29, 1.82) is 0 Å². The Kier molecular flexibility index (Phi) is 5.40. The second-order valence-corrected chi connectivity index (χ2v) is 11.4. The number of pyridine rings is 1. The third kappa shape index (κ3) is 3.95. The van der Waals surface area contributed by atoms with Gasteiger partial charge in [0.1, 0.15) is 11.5 Å². The fourth-order valence-corrected chi connectivity index (χ4v) is 5.52. The lowest BCUT2D eigenvalue weighted by Crippen LogP contribution is -2.39. The van der Waals surface area contributed by atoms with Crippen LogP contribution in [-0.4, -0.2) is 28.6 Å². The van der Waals surface area contributed by atoms with Crippen molar-refractivity contribution in [2.45, 2.75) is 38.0 Å². The van der Waals surface area contributed by atoms with Gasteiger partial charge in [0, 0.05) is 33.8 Å². The average molecular weight is 494 g/mol. The van der Waals surface area contributed by atoms with E-state index >= 15 is 0 Å². The number of aromatic amines is 1. The van der Waals surface area contributed by atoms with E-state index < -0.39 is 32.1 Å². The average Bonchev–Trinajstić information content (AvgIpc) is 3.50. The van der Waals surface area contributed by atoms with Gasteiger partial charge in [0.05, 0.1) is 11.3 Å². The first-order valence-electron chi connectivity index (χ1n) is 11.2. The molecule has 35 heavy (non-hydrogen) atoms. The predicted octanol–water partition coefficient (Wildman–Crippen LogP) is 4.10. The molecule has 1 aliphatic carbocycles. The van der Waals surface area contributed by atoms with Gasteiger partial charge in [0.15, 0.2) is 0 Å². The van der Waals surface area contributed by atoms with E-state index in [9.17, 15) is 22.4 Å². The Hall–Kier alpha value is -3.72. The SMILES string of the molecule is Cc1ccc2c(c1)c(-c1ccc[nH]c1=O)c(C(=O)NS(=O)(=O)C1(C)CC1)n2Cc1ccccc1F. The minimum absolute atomic E-state index is 0.0154. The van der Waals surface area contributed by atoms with Crippen LogP contribution >= 0.6 is 0 Å². The molecule has 1 saturated carbocycles. The van der Waals surface area contributed by atoms with Crippen molar-refractivity contribution in [3.8, 4) is 11.1 Å². The lowest BCUT2D eigenvalue weighted by atomic mass is 10.0. The first-order chi connectivity index (χ1) is 16.6. The number of aromatic nitrogens is 2. The molecular weight excluding hydrogens is 469 g/mol. The van der Waals surface area contributed by atoms with Crippen molar-refractivity contribution >= 4 is 26.8 Å². The Morgan fingerprint density at radius 3 is 2.57 bits per heavy atom. The summed E-state index contributed by atoms with van der Waals surface area (Å²) in [4.78, 5) is 29.1. The zero-order chi connectivity index (χ0) is 25.0. The van der Waals surface area contributed by atoms with Crippen molar-refractivity contribution in [2.75, 3.05) is 0 Å². The van der Waals surface area contributed by atoms with E-state index in [4.69, 9.17) is 0 Å².